The number of rotatable bonds is 3. The molecule has 0 aliphatic rings. The maximum atomic E-state index is 11.3. The van der Waals surface area contributed by atoms with Crippen LogP contribution < -0.4 is 11.1 Å². The van der Waals surface area contributed by atoms with Crippen molar-refractivity contribution in [1.82, 2.24) is 15.3 Å². The van der Waals surface area contributed by atoms with E-state index in [9.17, 15) is 4.79 Å². The molecule has 5 heteroatoms. The number of aromatic nitrogens is 2. The first-order chi connectivity index (χ1) is 8.06. The van der Waals surface area contributed by atoms with Crippen molar-refractivity contribution in [1.29, 1.82) is 0 Å². The lowest BCUT2D eigenvalue weighted by Gasteiger charge is -2.05. The summed E-state index contributed by atoms with van der Waals surface area (Å²) < 4.78 is 0. The van der Waals surface area contributed by atoms with Gasteiger partial charge in [0, 0.05) is 0 Å². The molecule has 2 rings (SSSR count). The van der Waals surface area contributed by atoms with Crippen LogP contribution in [0.15, 0.2) is 18.2 Å². The molecule has 0 saturated heterocycles. The largest absolute Gasteiger partial charge is 0.348 e. The zero-order chi connectivity index (χ0) is 12.4. The number of nitrogens with two attached hydrogens (primary N) is 1. The van der Waals surface area contributed by atoms with Crippen LogP contribution in [0.4, 0.5) is 0 Å². The van der Waals surface area contributed by atoms with Crippen molar-refractivity contribution >= 4 is 16.9 Å². The first-order valence-corrected chi connectivity index (χ1v) is 5.55. The van der Waals surface area contributed by atoms with Crippen LogP contribution in [0.2, 0.25) is 0 Å². The number of nitrogens with zero attached hydrogens (tertiary/aromatic N) is 1. The number of aryl methyl sites for hydroxylation is 1. The number of carbonyl (C=O) groups is 1. The molecular formula is C12H16N4O. The number of hydrogen-bond donors (Lipinski definition) is 3. The summed E-state index contributed by atoms with van der Waals surface area (Å²) in [5.74, 6) is 0.557. The van der Waals surface area contributed by atoms with Crippen molar-refractivity contribution in [2.75, 3.05) is 0 Å². The van der Waals surface area contributed by atoms with Crippen molar-refractivity contribution in [3.05, 3.63) is 29.6 Å². The van der Waals surface area contributed by atoms with Crippen molar-refractivity contribution in [2.24, 2.45) is 5.73 Å². The van der Waals surface area contributed by atoms with E-state index in [2.05, 4.69) is 15.3 Å². The highest BCUT2D eigenvalue weighted by Gasteiger charge is 2.08. The Balaban J connectivity index is 2.12. The molecule has 17 heavy (non-hydrogen) atoms. The highest BCUT2D eigenvalue weighted by Crippen LogP contribution is 2.12. The minimum absolute atomic E-state index is 0.179. The third-order valence-electron chi connectivity index (χ3n) is 2.53. The monoisotopic (exact) mass is 232 g/mol. The fraction of sp³-hybridized carbons (Fsp3) is 0.333. The second kappa shape index (κ2) is 4.55. The van der Waals surface area contributed by atoms with Crippen LogP contribution in [-0.2, 0) is 11.3 Å². The van der Waals surface area contributed by atoms with Crippen LogP contribution >= 0.6 is 0 Å². The van der Waals surface area contributed by atoms with Crippen molar-refractivity contribution in [3.63, 3.8) is 0 Å². The Morgan fingerprint density at radius 1 is 1.59 bits per heavy atom. The number of amides is 1. The molecule has 0 radical (unpaired) electrons. The van der Waals surface area contributed by atoms with Gasteiger partial charge in [-0.1, -0.05) is 6.07 Å². The number of H-pyrrole nitrogens is 1. The van der Waals surface area contributed by atoms with Gasteiger partial charge in [0.2, 0.25) is 5.91 Å². The van der Waals surface area contributed by atoms with Gasteiger partial charge < -0.3 is 16.0 Å². The molecule has 1 amide bonds. The highest BCUT2D eigenvalue weighted by molar-refractivity contribution is 5.81. The predicted octanol–water partition coefficient (Wildman–Crippen LogP) is 0.835. The van der Waals surface area contributed by atoms with E-state index < -0.39 is 6.04 Å². The van der Waals surface area contributed by atoms with E-state index in [1.807, 2.05) is 25.1 Å². The summed E-state index contributed by atoms with van der Waals surface area (Å²) in [5.41, 5.74) is 8.51. The molecule has 2 aromatic rings. The highest BCUT2D eigenvalue weighted by atomic mass is 16.2. The standard InChI is InChI=1S/C12H16N4O/c1-7-3-4-9-10(5-7)16-11(15-9)6-14-12(17)8(2)13/h3-5,8H,6,13H2,1-2H3,(H,14,17)(H,15,16)/t8-/m1/s1. The predicted molar refractivity (Wildman–Crippen MR) is 66.3 cm³/mol. The summed E-state index contributed by atoms with van der Waals surface area (Å²) in [7, 11) is 0. The summed E-state index contributed by atoms with van der Waals surface area (Å²) in [4.78, 5) is 18.8. The van der Waals surface area contributed by atoms with Crippen LogP contribution in [0.5, 0.6) is 0 Å². The average Bonchev–Trinajstić information content (AvgIpc) is 2.67. The molecule has 1 aromatic heterocycles. The van der Waals surface area contributed by atoms with E-state index in [0.29, 0.717) is 6.54 Å². The van der Waals surface area contributed by atoms with Gasteiger partial charge >= 0.3 is 0 Å². The van der Waals surface area contributed by atoms with Gasteiger partial charge in [-0.3, -0.25) is 4.79 Å². The van der Waals surface area contributed by atoms with E-state index in [0.717, 1.165) is 16.9 Å². The number of fused-ring (bicyclic) bond motifs is 1. The Morgan fingerprint density at radius 3 is 3.06 bits per heavy atom. The third kappa shape index (κ3) is 2.62. The van der Waals surface area contributed by atoms with Crippen LogP contribution in [0.3, 0.4) is 0 Å². The van der Waals surface area contributed by atoms with Crippen molar-refractivity contribution in [3.8, 4) is 0 Å². The second-order valence-corrected chi connectivity index (χ2v) is 4.21. The number of benzene rings is 1. The quantitative estimate of drug-likeness (QED) is 0.733. The van der Waals surface area contributed by atoms with Crippen molar-refractivity contribution in [2.45, 2.75) is 26.4 Å². The number of aromatic amines is 1. The third-order valence-corrected chi connectivity index (χ3v) is 2.53. The minimum atomic E-state index is -0.498. The fourth-order valence-corrected chi connectivity index (χ4v) is 1.59. The summed E-state index contributed by atoms with van der Waals surface area (Å²) in [5, 5.41) is 2.72. The first kappa shape index (κ1) is 11.6. The van der Waals surface area contributed by atoms with Gasteiger partial charge in [-0.25, -0.2) is 4.98 Å². The normalized spacial score (nSPS) is 12.6. The Kier molecular flexibility index (Phi) is 3.10. The van der Waals surface area contributed by atoms with E-state index in [-0.39, 0.29) is 5.91 Å². The van der Waals surface area contributed by atoms with Gasteiger partial charge in [0.05, 0.1) is 23.6 Å². The SMILES string of the molecule is Cc1ccc2nc(CNC(=O)[C@@H](C)N)[nH]c2c1. The molecule has 0 spiro atoms. The lowest BCUT2D eigenvalue weighted by Crippen LogP contribution is -2.38. The van der Waals surface area contributed by atoms with Gasteiger partial charge in [0.25, 0.3) is 0 Å². The fourth-order valence-electron chi connectivity index (χ4n) is 1.59. The molecule has 0 fully saturated rings. The molecule has 1 aromatic carbocycles. The Morgan fingerprint density at radius 2 is 2.35 bits per heavy atom. The number of carbonyl (C=O) groups excluding carboxylic acids is 1. The van der Waals surface area contributed by atoms with Crippen LogP contribution in [-0.4, -0.2) is 21.9 Å². The molecular weight excluding hydrogens is 216 g/mol. The van der Waals surface area contributed by atoms with E-state index in [1.54, 1.807) is 6.92 Å². The molecule has 0 aliphatic carbocycles. The smallest absolute Gasteiger partial charge is 0.237 e. The van der Waals surface area contributed by atoms with Gasteiger partial charge in [0.15, 0.2) is 0 Å². The number of imidazole rings is 1. The lowest BCUT2D eigenvalue weighted by atomic mass is 10.2. The Labute approximate surface area is 99.4 Å². The Hall–Kier alpha value is -1.88. The van der Waals surface area contributed by atoms with Crippen LogP contribution in [0.25, 0.3) is 11.0 Å². The molecule has 0 unspecified atom stereocenters. The molecule has 5 nitrogen and oxygen atoms in total. The first-order valence-electron chi connectivity index (χ1n) is 5.55. The van der Waals surface area contributed by atoms with Gasteiger partial charge in [0.1, 0.15) is 5.82 Å². The van der Waals surface area contributed by atoms with Gasteiger partial charge in [-0.05, 0) is 31.5 Å². The summed E-state index contributed by atoms with van der Waals surface area (Å²) in [6, 6.07) is 5.49. The van der Waals surface area contributed by atoms with Gasteiger partial charge in [-0.15, -0.1) is 0 Å². The summed E-state index contributed by atoms with van der Waals surface area (Å²) >= 11 is 0. The topological polar surface area (TPSA) is 83.8 Å². The molecule has 1 atom stereocenters. The summed E-state index contributed by atoms with van der Waals surface area (Å²) in [6.45, 7) is 4.04. The zero-order valence-corrected chi connectivity index (χ0v) is 9.95. The average molecular weight is 232 g/mol. The zero-order valence-electron chi connectivity index (χ0n) is 9.95. The molecule has 0 bridgehead atoms. The molecule has 0 aliphatic heterocycles. The van der Waals surface area contributed by atoms with E-state index in [1.165, 1.54) is 5.56 Å². The maximum absolute atomic E-state index is 11.3. The van der Waals surface area contributed by atoms with E-state index >= 15 is 0 Å². The molecule has 1 heterocycles. The molecule has 90 valence electrons. The van der Waals surface area contributed by atoms with E-state index in [4.69, 9.17) is 5.73 Å². The maximum Gasteiger partial charge on any atom is 0.237 e. The minimum Gasteiger partial charge on any atom is -0.348 e. The Bertz CT molecular complexity index is 544. The lowest BCUT2D eigenvalue weighted by molar-refractivity contribution is -0.122. The number of nitrogens with one attached hydrogen (secondary N) is 2. The molecule has 0 saturated carbocycles. The second-order valence-electron chi connectivity index (χ2n) is 4.21. The van der Waals surface area contributed by atoms with Crippen molar-refractivity contribution < 1.29 is 4.79 Å². The summed E-state index contributed by atoms with van der Waals surface area (Å²) in [6.07, 6.45) is 0. The molecule has 4 N–H and O–H groups in total. The van der Waals surface area contributed by atoms with Crippen LogP contribution in [0.1, 0.15) is 18.3 Å². The van der Waals surface area contributed by atoms with Gasteiger partial charge in [-0.2, -0.15) is 0 Å². The number of hydrogen-bond acceptors (Lipinski definition) is 3. The van der Waals surface area contributed by atoms with Crippen LogP contribution in [0, 0.1) is 6.92 Å².